The number of fused-ring (bicyclic) bond motifs is 5. The van der Waals surface area contributed by atoms with Gasteiger partial charge in [-0.2, -0.15) is 0 Å². The average molecular weight is 355 g/mol. The van der Waals surface area contributed by atoms with Crippen LogP contribution in [-0.2, 0) is 12.8 Å². The second-order valence-electron chi connectivity index (χ2n) is 7.13. The Morgan fingerprint density at radius 3 is 2.44 bits per heavy atom. The second kappa shape index (κ2) is 8.24. The van der Waals surface area contributed by atoms with Gasteiger partial charge in [0.05, 0.1) is 0 Å². The van der Waals surface area contributed by atoms with Crippen molar-refractivity contribution in [3.63, 3.8) is 0 Å². The monoisotopic (exact) mass is 355 g/mol. The number of nitrogens with one attached hydrogen (secondary N) is 1. The number of aliphatic hydroxyl groups excluding tert-OH is 1. The van der Waals surface area contributed by atoms with Gasteiger partial charge >= 0.3 is 0 Å². The second-order valence-corrected chi connectivity index (χ2v) is 7.13. The molecule has 0 bridgehead atoms. The molecule has 0 amide bonds. The Morgan fingerprint density at radius 1 is 0.815 bits per heavy atom. The van der Waals surface area contributed by atoms with Crippen LogP contribution in [0.2, 0.25) is 0 Å². The number of hydrogen-bond acceptors (Lipinski definition) is 2. The van der Waals surface area contributed by atoms with Crippen LogP contribution in [-0.4, -0.2) is 11.7 Å². The predicted octanol–water partition coefficient (Wildman–Crippen LogP) is 3.20. The van der Waals surface area contributed by atoms with Crippen molar-refractivity contribution in [2.75, 3.05) is 6.61 Å². The van der Waals surface area contributed by atoms with Gasteiger partial charge in [0.15, 0.2) is 0 Å². The summed E-state index contributed by atoms with van der Waals surface area (Å²) in [4.78, 5) is 0. The van der Waals surface area contributed by atoms with Crippen molar-refractivity contribution in [3.8, 4) is 11.1 Å². The van der Waals surface area contributed by atoms with E-state index in [1.165, 1.54) is 32.7 Å². The quantitative estimate of drug-likeness (QED) is 0.823. The molecule has 27 heavy (non-hydrogen) atoms. The highest BCUT2D eigenvalue weighted by Crippen LogP contribution is 2.25. The van der Waals surface area contributed by atoms with Crippen molar-refractivity contribution in [1.82, 2.24) is 5.32 Å². The Bertz CT molecular complexity index is 1010. The molecular formula is C25H25NO. The molecule has 0 saturated carbocycles. The van der Waals surface area contributed by atoms with Gasteiger partial charge in [-0.25, -0.2) is 0 Å². The molecular weight excluding hydrogens is 330 g/mol. The molecule has 136 valence electrons. The van der Waals surface area contributed by atoms with E-state index in [-0.39, 0.29) is 0 Å². The van der Waals surface area contributed by atoms with E-state index in [0.29, 0.717) is 12.5 Å². The SMILES string of the molecule is C1=CC=CNC=C1.OCC1CC=c2c(ccc3c2=CCc2ccccc2-3)C1. The van der Waals surface area contributed by atoms with Gasteiger partial charge in [0.1, 0.15) is 0 Å². The molecule has 2 aliphatic carbocycles. The first-order valence-corrected chi connectivity index (χ1v) is 9.62. The third-order valence-electron chi connectivity index (χ3n) is 5.35. The zero-order valence-electron chi connectivity index (χ0n) is 15.4. The van der Waals surface area contributed by atoms with Crippen molar-refractivity contribution in [2.45, 2.75) is 19.3 Å². The van der Waals surface area contributed by atoms with Gasteiger partial charge in [-0.1, -0.05) is 60.7 Å². The lowest BCUT2D eigenvalue weighted by atomic mass is 9.84. The van der Waals surface area contributed by atoms with E-state index in [0.717, 1.165) is 19.3 Å². The van der Waals surface area contributed by atoms with Crippen LogP contribution >= 0.6 is 0 Å². The Kier molecular flexibility index (Phi) is 5.36. The maximum absolute atomic E-state index is 9.36. The van der Waals surface area contributed by atoms with Gasteiger partial charge in [-0.3, -0.25) is 0 Å². The molecule has 0 fully saturated rings. The van der Waals surface area contributed by atoms with Crippen LogP contribution in [0.1, 0.15) is 17.5 Å². The first-order valence-electron chi connectivity index (χ1n) is 9.62. The van der Waals surface area contributed by atoms with Crippen LogP contribution in [0.5, 0.6) is 0 Å². The highest BCUT2D eigenvalue weighted by Gasteiger charge is 2.17. The molecule has 2 heteroatoms. The fourth-order valence-electron chi connectivity index (χ4n) is 3.95. The molecule has 5 rings (SSSR count). The molecule has 0 radical (unpaired) electrons. The van der Waals surface area contributed by atoms with Gasteiger partial charge in [0.2, 0.25) is 0 Å². The lowest BCUT2D eigenvalue weighted by Gasteiger charge is -2.21. The van der Waals surface area contributed by atoms with Crippen LogP contribution in [0.3, 0.4) is 0 Å². The predicted molar refractivity (Wildman–Crippen MR) is 113 cm³/mol. The van der Waals surface area contributed by atoms with E-state index in [4.69, 9.17) is 0 Å². The minimum atomic E-state index is 0.291. The number of benzene rings is 2. The highest BCUT2D eigenvalue weighted by atomic mass is 16.3. The van der Waals surface area contributed by atoms with E-state index in [2.05, 4.69) is 53.9 Å². The average Bonchev–Trinajstić information content (AvgIpc) is 3.06. The summed E-state index contributed by atoms with van der Waals surface area (Å²) in [6.45, 7) is 0.291. The zero-order chi connectivity index (χ0) is 18.5. The molecule has 1 unspecified atom stereocenters. The Hall–Kier alpha value is -2.84. The lowest BCUT2D eigenvalue weighted by Crippen LogP contribution is -2.36. The van der Waals surface area contributed by atoms with E-state index < -0.39 is 0 Å². The summed E-state index contributed by atoms with van der Waals surface area (Å²) in [6.07, 6.45) is 19.3. The number of allylic oxidation sites excluding steroid dienone is 4. The summed E-state index contributed by atoms with van der Waals surface area (Å²) >= 11 is 0. The molecule has 3 aliphatic rings. The van der Waals surface area contributed by atoms with Crippen LogP contribution in [0.4, 0.5) is 0 Å². The van der Waals surface area contributed by atoms with Gasteiger partial charge in [0.25, 0.3) is 0 Å². The van der Waals surface area contributed by atoms with E-state index >= 15 is 0 Å². The Balaban J connectivity index is 0.000000218. The molecule has 0 aromatic heterocycles. The molecule has 2 aromatic rings. The topological polar surface area (TPSA) is 32.3 Å². The van der Waals surface area contributed by atoms with Gasteiger partial charge in [-0.15, -0.1) is 0 Å². The fourth-order valence-corrected chi connectivity index (χ4v) is 3.95. The first-order chi connectivity index (χ1) is 13.4. The van der Waals surface area contributed by atoms with Crippen molar-refractivity contribution >= 4 is 12.2 Å². The molecule has 2 nitrogen and oxygen atoms in total. The number of aliphatic hydroxyl groups is 1. The molecule has 1 heterocycles. The van der Waals surface area contributed by atoms with Crippen molar-refractivity contribution in [1.29, 1.82) is 0 Å². The van der Waals surface area contributed by atoms with Crippen molar-refractivity contribution in [2.24, 2.45) is 5.92 Å². The molecule has 2 aromatic carbocycles. The van der Waals surface area contributed by atoms with Gasteiger partial charge < -0.3 is 10.4 Å². The van der Waals surface area contributed by atoms with Gasteiger partial charge in [0, 0.05) is 19.0 Å². The first kappa shape index (κ1) is 17.6. The van der Waals surface area contributed by atoms with E-state index in [1.54, 1.807) is 0 Å². The molecule has 0 spiro atoms. The third-order valence-corrected chi connectivity index (χ3v) is 5.35. The summed E-state index contributed by atoms with van der Waals surface area (Å²) in [5, 5.41) is 15.1. The summed E-state index contributed by atoms with van der Waals surface area (Å²) in [5.74, 6) is 0.399. The van der Waals surface area contributed by atoms with Crippen LogP contribution < -0.4 is 15.8 Å². The van der Waals surface area contributed by atoms with Gasteiger partial charge in [-0.05, 0) is 70.0 Å². The maximum Gasteiger partial charge on any atom is 0.0465 e. The summed E-state index contributed by atoms with van der Waals surface area (Å²) in [7, 11) is 0. The van der Waals surface area contributed by atoms with Crippen LogP contribution in [0, 0.1) is 5.92 Å². The van der Waals surface area contributed by atoms with E-state index in [9.17, 15) is 5.11 Å². The largest absolute Gasteiger partial charge is 0.396 e. The Morgan fingerprint density at radius 2 is 1.63 bits per heavy atom. The van der Waals surface area contributed by atoms with Crippen molar-refractivity contribution < 1.29 is 5.11 Å². The zero-order valence-corrected chi connectivity index (χ0v) is 15.4. The number of rotatable bonds is 1. The normalized spacial score (nSPS) is 18.3. The summed E-state index contributed by atoms with van der Waals surface area (Å²) < 4.78 is 0. The minimum absolute atomic E-state index is 0.291. The van der Waals surface area contributed by atoms with Crippen LogP contribution in [0.15, 0.2) is 73.1 Å². The number of hydrogen-bond donors (Lipinski definition) is 2. The third kappa shape index (κ3) is 3.81. The van der Waals surface area contributed by atoms with Crippen molar-refractivity contribution in [3.05, 3.63) is 94.7 Å². The smallest absolute Gasteiger partial charge is 0.0465 e. The Labute approximate surface area is 160 Å². The van der Waals surface area contributed by atoms with Crippen LogP contribution in [0.25, 0.3) is 23.3 Å². The fraction of sp³-hybridized carbons (Fsp3) is 0.200. The standard InChI is InChI=1S/C19H18O.C6H7N/c20-12-13-5-8-17-15(11-13)7-10-18-16-4-2-1-3-14(16)6-9-19(17)18;1-2-4-6-7-5-3-1/h1-4,7-10,13,20H,5-6,11-12H2;1-7H. The minimum Gasteiger partial charge on any atom is -0.396 e. The maximum atomic E-state index is 9.36. The highest BCUT2D eigenvalue weighted by molar-refractivity contribution is 5.74. The lowest BCUT2D eigenvalue weighted by molar-refractivity contribution is 0.227. The molecule has 2 N–H and O–H groups in total. The molecule has 1 aliphatic heterocycles. The summed E-state index contributed by atoms with van der Waals surface area (Å²) in [6, 6.07) is 13.2. The summed E-state index contributed by atoms with van der Waals surface area (Å²) in [5.41, 5.74) is 5.56. The molecule has 1 atom stereocenters. The van der Waals surface area contributed by atoms with E-state index in [1.807, 2.05) is 36.7 Å². The molecule has 0 saturated heterocycles.